The predicted molar refractivity (Wildman–Crippen MR) is 204 cm³/mol. The second kappa shape index (κ2) is 21.5. The molecule has 2 unspecified atom stereocenters. The van der Waals surface area contributed by atoms with Crippen LogP contribution in [0.1, 0.15) is 30.5 Å². The summed E-state index contributed by atoms with van der Waals surface area (Å²) in [5.41, 5.74) is 2.09. The second-order valence-corrected chi connectivity index (χ2v) is 13.9. The molecule has 3 aromatic carbocycles. The number of amides is 1. The summed E-state index contributed by atoms with van der Waals surface area (Å²) >= 11 is 2.56. The van der Waals surface area contributed by atoms with E-state index in [1.54, 1.807) is 34.1 Å². The van der Waals surface area contributed by atoms with Gasteiger partial charge in [0.05, 0.1) is 10.5 Å². The SMILES string of the molecule is CCN(CC)CCN(Cc1ccc(-c2ccc(C(F)(F)F)cc2)cc1)C(=O)Cn1cc(SC)c(=O)nc1SCc1ccc(F)cc1.O=C(O)C(O)C(O)C(=O)O. The van der Waals surface area contributed by atoms with Crippen LogP contribution in [-0.4, -0.2) is 102 Å². The molecule has 302 valence electrons. The van der Waals surface area contributed by atoms with Crippen LogP contribution in [0.5, 0.6) is 0 Å². The Hall–Kier alpha value is -4.75. The first-order valence-corrected chi connectivity index (χ1v) is 19.3. The molecule has 4 rings (SSSR count). The molecule has 0 saturated heterocycles. The number of aliphatic carboxylic acids is 2. The number of alkyl halides is 3. The highest BCUT2D eigenvalue weighted by atomic mass is 32.2. The molecular formula is C38H42F4N4O8S2. The molecule has 0 radical (unpaired) electrons. The number of hydrogen-bond donors (Lipinski definition) is 4. The normalized spacial score (nSPS) is 12.4. The van der Waals surface area contributed by atoms with E-state index in [4.69, 9.17) is 20.4 Å². The molecule has 4 N–H and O–H groups in total. The topological polar surface area (TPSA) is 173 Å². The van der Waals surface area contributed by atoms with Crippen molar-refractivity contribution in [1.29, 1.82) is 0 Å². The third-order valence-electron chi connectivity index (χ3n) is 8.34. The second-order valence-electron chi connectivity index (χ2n) is 12.1. The highest BCUT2D eigenvalue weighted by molar-refractivity contribution is 7.98. The lowest BCUT2D eigenvalue weighted by Crippen LogP contribution is -2.40. The molecule has 1 aromatic heterocycles. The number of likely N-dealkylation sites (N-methyl/N-ethyl adjacent to an activating group) is 1. The van der Waals surface area contributed by atoms with Crippen LogP contribution in [0, 0.1) is 5.82 Å². The largest absolute Gasteiger partial charge is 0.479 e. The van der Waals surface area contributed by atoms with Gasteiger partial charge in [0.25, 0.3) is 5.56 Å². The maximum absolute atomic E-state index is 13.9. The molecule has 0 saturated carbocycles. The number of benzene rings is 3. The van der Waals surface area contributed by atoms with Crippen LogP contribution in [0.25, 0.3) is 11.1 Å². The van der Waals surface area contributed by atoms with E-state index >= 15 is 0 Å². The fourth-order valence-corrected chi connectivity index (χ4v) is 6.41. The Morgan fingerprint density at radius 2 is 1.34 bits per heavy atom. The summed E-state index contributed by atoms with van der Waals surface area (Å²) < 4.78 is 54.0. The van der Waals surface area contributed by atoms with Crippen molar-refractivity contribution >= 4 is 41.4 Å². The lowest BCUT2D eigenvalue weighted by atomic mass is 10.0. The zero-order valence-electron chi connectivity index (χ0n) is 30.6. The molecule has 1 heterocycles. The summed E-state index contributed by atoms with van der Waals surface area (Å²) in [4.78, 5) is 54.7. The zero-order valence-corrected chi connectivity index (χ0v) is 32.3. The van der Waals surface area contributed by atoms with Crippen LogP contribution in [-0.2, 0) is 39.4 Å². The minimum Gasteiger partial charge on any atom is -0.479 e. The number of carboxylic acids is 2. The van der Waals surface area contributed by atoms with Crippen molar-refractivity contribution in [3.05, 3.63) is 112 Å². The van der Waals surface area contributed by atoms with Crippen LogP contribution in [0.2, 0.25) is 0 Å². The highest BCUT2D eigenvalue weighted by Crippen LogP contribution is 2.31. The van der Waals surface area contributed by atoms with E-state index in [1.165, 1.54) is 47.8 Å². The molecule has 12 nitrogen and oxygen atoms in total. The Balaban J connectivity index is 0.000000739. The molecule has 2 atom stereocenters. The van der Waals surface area contributed by atoms with Gasteiger partial charge in [-0.25, -0.2) is 14.0 Å². The van der Waals surface area contributed by atoms with Crippen molar-refractivity contribution in [3.8, 4) is 11.1 Å². The molecule has 0 spiro atoms. The fraction of sp³-hybridized carbons (Fsp3) is 0.342. The van der Waals surface area contributed by atoms with Crippen LogP contribution in [0.4, 0.5) is 17.6 Å². The van der Waals surface area contributed by atoms with E-state index in [0.717, 1.165) is 41.9 Å². The maximum Gasteiger partial charge on any atom is 0.416 e. The van der Waals surface area contributed by atoms with Gasteiger partial charge in [0, 0.05) is 31.6 Å². The first-order valence-electron chi connectivity index (χ1n) is 17.1. The number of carbonyl (C=O) groups excluding carboxylic acids is 1. The van der Waals surface area contributed by atoms with E-state index < -0.39 is 35.9 Å². The van der Waals surface area contributed by atoms with Crippen molar-refractivity contribution in [2.45, 2.75) is 61.1 Å². The van der Waals surface area contributed by atoms with Crippen molar-refractivity contribution in [3.63, 3.8) is 0 Å². The Bertz CT molecular complexity index is 1940. The van der Waals surface area contributed by atoms with Gasteiger partial charge in [-0.2, -0.15) is 18.2 Å². The van der Waals surface area contributed by atoms with E-state index in [2.05, 4.69) is 23.7 Å². The first kappa shape index (κ1) is 45.6. The molecule has 0 aliphatic heterocycles. The number of carbonyl (C=O) groups is 3. The number of nitrogens with zero attached hydrogens (tertiary/aromatic N) is 4. The minimum absolute atomic E-state index is 0.0333. The summed E-state index contributed by atoms with van der Waals surface area (Å²) in [6, 6.07) is 18.6. The third-order valence-corrected chi connectivity index (χ3v) is 10.1. The lowest BCUT2D eigenvalue weighted by Gasteiger charge is -2.27. The van der Waals surface area contributed by atoms with Crippen molar-refractivity contribution in [2.75, 3.05) is 32.4 Å². The molecular weight excluding hydrogens is 781 g/mol. The van der Waals surface area contributed by atoms with Crippen molar-refractivity contribution in [1.82, 2.24) is 19.4 Å². The standard InChI is InChI=1S/C34H36F4N4O2S2.C4H6O6/c1-4-40(5-2)18-19-41(20-24-6-10-26(11-7-24)27-12-14-28(15-13-27)34(36,37)38)31(43)22-42-21-30(45-3)32(44)39-33(42)46-23-25-8-16-29(35)17-9-25;5-1(3(7)8)2(6)4(9)10/h6-17,21H,4-5,18-20,22-23H2,1-3H3;1-2,5-6H,(H,7,8)(H,9,10). The smallest absolute Gasteiger partial charge is 0.416 e. The Labute approximate surface area is 328 Å². The van der Waals surface area contributed by atoms with Gasteiger partial charge in [-0.15, -0.1) is 11.8 Å². The van der Waals surface area contributed by atoms with Gasteiger partial charge >= 0.3 is 18.1 Å². The van der Waals surface area contributed by atoms with Crippen LogP contribution in [0.3, 0.4) is 0 Å². The summed E-state index contributed by atoms with van der Waals surface area (Å²) in [6.45, 7) is 7.25. The summed E-state index contributed by atoms with van der Waals surface area (Å²) in [6.07, 6.45) is -5.49. The number of thioether (sulfide) groups is 2. The molecule has 18 heteroatoms. The quantitative estimate of drug-likeness (QED) is 0.0614. The van der Waals surface area contributed by atoms with Crippen molar-refractivity contribution < 1.29 is 52.4 Å². The average Bonchev–Trinajstić information content (AvgIpc) is 3.17. The number of hydrogen-bond acceptors (Lipinski definition) is 10. The van der Waals surface area contributed by atoms with Gasteiger partial charge in [0.1, 0.15) is 12.4 Å². The number of aliphatic hydroxyl groups is 2. The first-order chi connectivity index (χ1) is 26.5. The Morgan fingerprint density at radius 1 is 0.821 bits per heavy atom. The number of aliphatic hydroxyl groups excluding tert-OH is 2. The lowest BCUT2D eigenvalue weighted by molar-refractivity contribution is -0.165. The molecule has 0 aliphatic carbocycles. The molecule has 56 heavy (non-hydrogen) atoms. The molecule has 1 amide bonds. The van der Waals surface area contributed by atoms with Gasteiger partial charge < -0.3 is 34.8 Å². The highest BCUT2D eigenvalue weighted by Gasteiger charge is 2.30. The average molecular weight is 823 g/mol. The van der Waals surface area contributed by atoms with E-state index in [1.807, 2.05) is 24.3 Å². The zero-order chi connectivity index (χ0) is 41.6. The predicted octanol–water partition coefficient (Wildman–Crippen LogP) is 5.33. The summed E-state index contributed by atoms with van der Waals surface area (Å²) in [5, 5.41) is 32.9. The third kappa shape index (κ3) is 13.8. The van der Waals surface area contributed by atoms with Crippen molar-refractivity contribution in [2.24, 2.45) is 0 Å². The molecule has 0 bridgehead atoms. The summed E-state index contributed by atoms with van der Waals surface area (Å²) in [5.74, 6) is -3.58. The number of aromatic nitrogens is 2. The van der Waals surface area contributed by atoms with Gasteiger partial charge in [-0.05, 0) is 65.9 Å². The van der Waals surface area contributed by atoms with Gasteiger partial charge in [0.2, 0.25) is 5.91 Å². The minimum atomic E-state index is -4.39. The Kier molecular flexibility index (Phi) is 17.5. The number of rotatable bonds is 17. The monoisotopic (exact) mass is 822 g/mol. The number of halogens is 4. The summed E-state index contributed by atoms with van der Waals surface area (Å²) in [7, 11) is 0. The Morgan fingerprint density at radius 3 is 1.82 bits per heavy atom. The van der Waals surface area contributed by atoms with Gasteiger partial charge in [0.15, 0.2) is 17.4 Å². The fourth-order valence-electron chi connectivity index (χ4n) is 5.04. The molecule has 0 fully saturated rings. The number of carboxylic acid groups (broad SMARTS) is 2. The van der Waals surface area contributed by atoms with Gasteiger partial charge in [-0.3, -0.25) is 9.59 Å². The van der Waals surface area contributed by atoms with Crippen LogP contribution in [0.15, 0.2) is 93.8 Å². The van der Waals surface area contributed by atoms with Crippen LogP contribution < -0.4 is 5.56 Å². The van der Waals surface area contributed by atoms with E-state index in [9.17, 15) is 36.7 Å². The maximum atomic E-state index is 13.9. The van der Waals surface area contributed by atoms with E-state index in [-0.39, 0.29) is 23.8 Å². The van der Waals surface area contributed by atoms with E-state index in [0.29, 0.717) is 41.0 Å². The molecule has 0 aliphatic rings. The van der Waals surface area contributed by atoms with Gasteiger partial charge in [-0.1, -0.05) is 74.1 Å². The van der Waals surface area contributed by atoms with Crippen LogP contribution >= 0.6 is 23.5 Å². The molecule has 4 aromatic rings.